The van der Waals surface area contributed by atoms with Crippen LogP contribution < -0.4 is 5.32 Å². The van der Waals surface area contributed by atoms with Crippen LogP contribution in [-0.2, 0) is 0 Å². The normalized spacial score (nSPS) is 12.7. The van der Waals surface area contributed by atoms with Gasteiger partial charge in [0.15, 0.2) is 0 Å². The van der Waals surface area contributed by atoms with Gasteiger partial charge in [0.2, 0.25) is 0 Å². The van der Waals surface area contributed by atoms with Crippen molar-refractivity contribution in [2.75, 3.05) is 7.05 Å². The molecule has 2 N–H and O–H groups in total. The minimum atomic E-state index is -0.616. The van der Waals surface area contributed by atoms with Crippen molar-refractivity contribution in [3.05, 3.63) is 47.5 Å². The minimum absolute atomic E-state index is 0.410. The first kappa shape index (κ1) is 10.7. The SMILES string of the molecule is CNC(c1cc(F)cc(F)c1)c1ncn[nH]1. The van der Waals surface area contributed by atoms with Gasteiger partial charge >= 0.3 is 0 Å². The summed E-state index contributed by atoms with van der Waals surface area (Å²) in [5.41, 5.74) is 0.455. The average Bonchev–Trinajstić information content (AvgIpc) is 2.70. The van der Waals surface area contributed by atoms with Gasteiger partial charge in [-0.2, -0.15) is 5.10 Å². The zero-order valence-electron chi connectivity index (χ0n) is 8.54. The highest BCUT2D eigenvalue weighted by atomic mass is 19.1. The molecule has 1 atom stereocenters. The van der Waals surface area contributed by atoms with Gasteiger partial charge in [-0.25, -0.2) is 13.8 Å². The summed E-state index contributed by atoms with van der Waals surface area (Å²) in [6.45, 7) is 0. The Kier molecular flexibility index (Phi) is 2.91. The Morgan fingerprint density at radius 3 is 2.44 bits per heavy atom. The Balaban J connectivity index is 2.41. The van der Waals surface area contributed by atoms with Crippen LogP contribution in [0.15, 0.2) is 24.5 Å². The number of nitrogens with one attached hydrogen (secondary N) is 2. The molecule has 0 fully saturated rings. The molecule has 1 aromatic carbocycles. The van der Waals surface area contributed by atoms with Crippen molar-refractivity contribution in [2.24, 2.45) is 0 Å². The number of hydrogen-bond acceptors (Lipinski definition) is 3. The van der Waals surface area contributed by atoms with E-state index in [1.54, 1.807) is 7.05 Å². The van der Waals surface area contributed by atoms with E-state index >= 15 is 0 Å². The second-order valence-corrected chi connectivity index (χ2v) is 3.30. The van der Waals surface area contributed by atoms with Crippen LogP contribution in [0.25, 0.3) is 0 Å². The summed E-state index contributed by atoms with van der Waals surface area (Å²) in [6.07, 6.45) is 1.34. The van der Waals surface area contributed by atoms with Crippen molar-refractivity contribution in [3.63, 3.8) is 0 Å². The van der Waals surface area contributed by atoms with E-state index in [1.807, 2.05) is 0 Å². The number of aromatic amines is 1. The van der Waals surface area contributed by atoms with Crippen LogP contribution in [0.5, 0.6) is 0 Å². The Bertz CT molecular complexity index is 449. The largest absolute Gasteiger partial charge is 0.307 e. The van der Waals surface area contributed by atoms with Crippen molar-refractivity contribution >= 4 is 0 Å². The summed E-state index contributed by atoms with van der Waals surface area (Å²) in [6, 6.07) is 2.93. The number of rotatable bonds is 3. The lowest BCUT2D eigenvalue weighted by Crippen LogP contribution is -2.19. The molecule has 4 nitrogen and oxygen atoms in total. The van der Waals surface area contributed by atoms with Gasteiger partial charge in [-0.3, -0.25) is 5.10 Å². The molecule has 0 saturated heterocycles. The zero-order valence-corrected chi connectivity index (χ0v) is 8.54. The van der Waals surface area contributed by atoms with Gasteiger partial charge in [-0.15, -0.1) is 0 Å². The fourth-order valence-electron chi connectivity index (χ4n) is 1.56. The molecule has 0 radical (unpaired) electrons. The summed E-state index contributed by atoms with van der Waals surface area (Å²) in [4.78, 5) is 3.95. The summed E-state index contributed by atoms with van der Waals surface area (Å²) in [7, 11) is 1.68. The Morgan fingerprint density at radius 2 is 1.94 bits per heavy atom. The van der Waals surface area contributed by atoms with E-state index in [2.05, 4.69) is 20.5 Å². The third kappa shape index (κ3) is 2.06. The van der Waals surface area contributed by atoms with Gasteiger partial charge in [0, 0.05) is 6.07 Å². The Labute approximate surface area is 90.7 Å². The van der Waals surface area contributed by atoms with Crippen molar-refractivity contribution in [1.29, 1.82) is 0 Å². The van der Waals surface area contributed by atoms with Crippen LogP contribution in [0.1, 0.15) is 17.4 Å². The van der Waals surface area contributed by atoms with Crippen molar-refractivity contribution in [2.45, 2.75) is 6.04 Å². The monoisotopic (exact) mass is 224 g/mol. The number of hydrogen-bond donors (Lipinski definition) is 2. The first-order valence-electron chi connectivity index (χ1n) is 4.69. The minimum Gasteiger partial charge on any atom is -0.307 e. The summed E-state index contributed by atoms with van der Waals surface area (Å²) >= 11 is 0. The van der Waals surface area contributed by atoms with Gasteiger partial charge in [-0.05, 0) is 24.7 Å². The molecule has 6 heteroatoms. The quantitative estimate of drug-likeness (QED) is 0.828. The molecule has 2 aromatic rings. The maximum absolute atomic E-state index is 13.1. The maximum atomic E-state index is 13.1. The topological polar surface area (TPSA) is 53.6 Å². The summed E-state index contributed by atoms with van der Waals surface area (Å²) in [5.74, 6) is -0.725. The molecular formula is C10H10F2N4. The van der Waals surface area contributed by atoms with E-state index < -0.39 is 17.7 Å². The van der Waals surface area contributed by atoms with E-state index in [4.69, 9.17) is 0 Å². The molecule has 0 aliphatic heterocycles. The van der Waals surface area contributed by atoms with E-state index in [0.717, 1.165) is 6.07 Å². The first-order chi connectivity index (χ1) is 7.70. The number of benzene rings is 1. The van der Waals surface area contributed by atoms with Gasteiger partial charge < -0.3 is 5.32 Å². The van der Waals surface area contributed by atoms with Crippen LogP contribution in [0.4, 0.5) is 8.78 Å². The lowest BCUT2D eigenvalue weighted by Gasteiger charge is -2.13. The molecule has 0 bridgehead atoms. The second-order valence-electron chi connectivity index (χ2n) is 3.30. The predicted octanol–water partition coefficient (Wildman–Crippen LogP) is 1.39. The van der Waals surface area contributed by atoms with Crippen LogP contribution in [0, 0.1) is 11.6 Å². The highest BCUT2D eigenvalue weighted by molar-refractivity contribution is 5.25. The van der Waals surface area contributed by atoms with E-state index in [9.17, 15) is 8.78 Å². The fraction of sp³-hybridized carbons (Fsp3) is 0.200. The molecule has 1 unspecified atom stereocenters. The molecule has 16 heavy (non-hydrogen) atoms. The maximum Gasteiger partial charge on any atom is 0.145 e. The van der Waals surface area contributed by atoms with Crippen LogP contribution in [0.2, 0.25) is 0 Å². The van der Waals surface area contributed by atoms with Gasteiger partial charge in [-0.1, -0.05) is 0 Å². The third-order valence-electron chi connectivity index (χ3n) is 2.21. The van der Waals surface area contributed by atoms with Crippen LogP contribution in [0.3, 0.4) is 0 Å². The van der Waals surface area contributed by atoms with Gasteiger partial charge in [0.05, 0.1) is 6.04 Å². The zero-order chi connectivity index (χ0) is 11.5. The van der Waals surface area contributed by atoms with E-state index in [0.29, 0.717) is 11.4 Å². The lowest BCUT2D eigenvalue weighted by atomic mass is 10.1. The predicted molar refractivity (Wildman–Crippen MR) is 53.6 cm³/mol. The second kappa shape index (κ2) is 4.36. The first-order valence-corrected chi connectivity index (χ1v) is 4.69. The number of halogens is 2. The summed E-state index contributed by atoms with van der Waals surface area (Å²) < 4.78 is 26.1. The van der Waals surface area contributed by atoms with E-state index in [1.165, 1.54) is 18.5 Å². The summed E-state index contributed by atoms with van der Waals surface area (Å²) in [5, 5.41) is 9.26. The van der Waals surface area contributed by atoms with Gasteiger partial charge in [0.25, 0.3) is 0 Å². The number of H-pyrrole nitrogens is 1. The molecule has 2 rings (SSSR count). The molecule has 84 valence electrons. The van der Waals surface area contributed by atoms with Gasteiger partial charge in [0.1, 0.15) is 23.8 Å². The molecule has 0 aliphatic rings. The smallest absolute Gasteiger partial charge is 0.145 e. The van der Waals surface area contributed by atoms with Crippen LogP contribution >= 0.6 is 0 Å². The molecule has 1 aromatic heterocycles. The highest BCUT2D eigenvalue weighted by Gasteiger charge is 2.16. The van der Waals surface area contributed by atoms with Crippen LogP contribution in [-0.4, -0.2) is 22.2 Å². The Morgan fingerprint density at radius 1 is 1.25 bits per heavy atom. The standard InChI is InChI=1S/C10H10F2N4/c1-13-9(10-14-5-15-16-10)6-2-7(11)4-8(12)3-6/h2-5,9,13H,1H3,(H,14,15,16). The molecule has 0 spiro atoms. The van der Waals surface area contributed by atoms with Crippen molar-refractivity contribution < 1.29 is 8.78 Å². The lowest BCUT2D eigenvalue weighted by molar-refractivity contribution is 0.567. The fourth-order valence-corrected chi connectivity index (χ4v) is 1.56. The molecule has 1 heterocycles. The average molecular weight is 224 g/mol. The third-order valence-corrected chi connectivity index (χ3v) is 2.21. The molecule has 0 saturated carbocycles. The van der Waals surface area contributed by atoms with Crippen molar-refractivity contribution in [3.8, 4) is 0 Å². The van der Waals surface area contributed by atoms with Crippen molar-refractivity contribution in [1.82, 2.24) is 20.5 Å². The molecule has 0 aliphatic carbocycles. The Hall–Kier alpha value is -1.82. The van der Waals surface area contributed by atoms with E-state index in [-0.39, 0.29) is 0 Å². The number of nitrogens with zero attached hydrogens (tertiary/aromatic N) is 2. The highest BCUT2D eigenvalue weighted by Crippen LogP contribution is 2.20. The number of aromatic nitrogens is 3. The molecular weight excluding hydrogens is 214 g/mol. The molecule has 0 amide bonds.